The molecule has 1 aliphatic heterocycles. The van der Waals surface area contributed by atoms with E-state index in [-0.39, 0.29) is 23.9 Å². The van der Waals surface area contributed by atoms with E-state index in [9.17, 15) is 9.59 Å². The molecule has 0 radical (unpaired) electrons. The molecular formula is C20H22N2O2S2. The lowest BCUT2D eigenvalue weighted by Gasteiger charge is -2.31. The van der Waals surface area contributed by atoms with Crippen LogP contribution >= 0.6 is 22.7 Å². The van der Waals surface area contributed by atoms with Crippen molar-refractivity contribution >= 4 is 34.5 Å². The third-order valence-electron chi connectivity index (χ3n) is 6.07. The number of hydrogen-bond donors (Lipinski definition) is 1. The third-order valence-corrected chi connectivity index (χ3v) is 8.17. The number of likely N-dealkylation sites (tertiary alicyclic amines) is 1. The number of piperidine rings is 1. The van der Waals surface area contributed by atoms with E-state index in [0.717, 1.165) is 42.0 Å². The minimum atomic E-state index is 0.0290. The standard InChI is InChI=1S/C20H22N2O2S2/c23-19(17-6-3-7-25-17)21-15-10-14-8-13(15)11-22(14)20(24)18-9-12-4-1-2-5-16(12)26-18/h3,6-7,9,13-15H,1-2,4-5,8,10-11H2,(H,21,23). The van der Waals surface area contributed by atoms with Crippen molar-refractivity contribution in [2.45, 2.75) is 50.6 Å². The van der Waals surface area contributed by atoms with Gasteiger partial charge in [-0.1, -0.05) is 6.07 Å². The van der Waals surface area contributed by atoms with Gasteiger partial charge >= 0.3 is 0 Å². The predicted octanol–water partition coefficient (Wildman–Crippen LogP) is 3.72. The first-order valence-corrected chi connectivity index (χ1v) is 11.2. The molecule has 5 rings (SSSR count). The van der Waals surface area contributed by atoms with Gasteiger partial charge in [0.05, 0.1) is 9.75 Å². The summed E-state index contributed by atoms with van der Waals surface area (Å²) in [5.41, 5.74) is 1.40. The zero-order valence-corrected chi connectivity index (χ0v) is 16.2. The molecule has 2 fully saturated rings. The van der Waals surface area contributed by atoms with Gasteiger partial charge < -0.3 is 10.2 Å². The lowest BCUT2D eigenvalue weighted by Crippen LogP contribution is -2.47. The normalized spacial score (nSPS) is 26.8. The van der Waals surface area contributed by atoms with E-state index in [1.165, 1.54) is 34.6 Å². The zero-order chi connectivity index (χ0) is 17.7. The van der Waals surface area contributed by atoms with Crippen molar-refractivity contribution in [3.8, 4) is 0 Å². The van der Waals surface area contributed by atoms with Crippen molar-refractivity contribution in [3.63, 3.8) is 0 Å². The molecule has 3 heterocycles. The van der Waals surface area contributed by atoms with Crippen molar-refractivity contribution in [3.05, 3.63) is 43.8 Å². The molecule has 1 saturated heterocycles. The van der Waals surface area contributed by atoms with Crippen LogP contribution in [0.15, 0.2) is 23.6 Å². The van der Waals surface area contributed by atoms with Crippen molar-refractivity contribution < 1.29 is 9.59 Å². The number of thiophene rings is 2. The first-order chi connectivity index (χ1) is 12.7. The number of nitrogens with one attached hydrogen (secondary N) is 1. The second kappa shape index (κ2) is 6.50. The Labute approximate surface area is 161 Å². The number of nitrogens with zero attached hydrogens (tertiary/aromatic N) is 1. The van der Waals surface area contributed by atoms with Crippen LogP contribution in [0.1, 0.15) is 55.5 Å². The minimum Gasteiger partial charge on any atom is -0.348 e. The summed E-state index contributed by atoms with van der Waals surface area (Å²) in [7, 11) is 0. The molecule has 3 aliphatic rings. The number of amides is 2. The van der Waals surface area contributed by atoms with E-state index >= 15 is 0 Å². The summed E-state index contributed by atoms with van der Waals surface area (Å²) in [4.78, 5) is 30.5. The molecule has 3 atom stereocenters. The van der Waals surface area contributed by atoms with E-state index in [2.05, 4.69) is 16.3 Å². The summed E-state index contributed by atoms with van der Waals surface area (Å²) in [5, 5.41) is 5.12. The van der Waals surface area contributed by atoms with Crippen molar-refractivity contribution in [1.82, 2.24) is 10.2 Å². The number of aryl methyl sites for hydroxylation is 2. The minimum absolute atomic E-state index is 0.0290. The lowest BCUT2D eigenvalue weighted by atomic mass is 9.99. The molecule has 2 bridgehead atoms. The first kappa shape index (κ1) is 16.5. The van der Waals surface area contributed by atoms with Crippen LogP contribution in [0.25, 0.3) is 0 Å². The van der Waals surface area contributed by atoms with Gasteiger partial charge in [0.2, 0.25) is 0 Å². The predicted molar refractivity (Wildman–Crippen MR) is 104 cm³/mol. The summed E-state index contributed by atoms with van der Waals surface area (Å²) in [6, 6.07) is 6.39. The van der Waals surface area contributed by atoms with E-state index in [0.29, 0.717) is 5.92 Å². The van der Waals surface area contributed by atoms with Crippen LogP contribution in [0.5, 0.6) is 0 Å². The van der Waals surface area contributed by atoms with Gasteiger partial charge in [-0.15, -0.1) is 22.7 Å². The SMILES string of the molecule is O=C(NC1CC2CC1CN2C(=O)c1cc2c(s1)CCCC2)c1cccs1. The fraction of sp³-hybridized carbons (Fsp3) is 0.500. The average Bonchev–Trinajstić information content (AvgIpc) is 3.43. The fourth-order valence-corrected chi connectivity index (χ4v) is 6.60. The van der Waals surface area contributed by atoms with Gasteiger partial charge in [0, 0.05) is 23.5 Å². The van der Waals surface area contributed by atoms with Crippen LogP contribution in [0.4, 0.5) is 0 Å². The van der Waals surface area contributed by atoms with Gasteiger partial charge in [-0.2, -0.15) is 0 Å². The highest BCUT2D eigenvalue weighted by molar-refractivity contribution is 7.14. The molecule has 1 N–H and O–H groups in total. The molecule has 1 saturated carbocycles. The van der Waals surface area contributed by atoms with Crippen molar-refractivity contribution in [2.75, 3.05) is 6.54 Å². The van der Waals surface area contributed by atoms with E-state index in [4.69, 9.17) is 0 Å². The molecule has 0 spiro atoms. The van der Waals surface area contributed by atoms with Crippen LogP contribution in [-0.2, 0) is 12.8 Å². The van der Waals surface area contributed by atoms with Gasteiger partial charge in [-0.3, -0.25) is 9.59 Å². The number of fused-ring (bicyclic) bond motifs is 3. The van der Waals surface area contributed by atoms with E-state index < -0.39 is 0 Å². The summed E-state index contributed by atoms with van der Waals surface area (Å²) in [6.45, 7) is 0.779. The van der Waals surface area contributed by atoms with Gasteiger partial charge in [-0.05, 0) is 67.5 Å². The third kappa shape index (κ3) is 2.79. The molecule has 6 heteroatoms. The largest absolute Gasteiger partial charge is 0.348 e. The van der Waals surface area contributed by atoms with Crippen LogP contribution < -0.4 is 5.32 Å². The number of carbonyl (C=O) groups is 2. The highest BCUT2D eigenvalue weighted by atomic mass is 32.1. The smallest absolute Gasteiger partial charge is 0.264 e. The maximum atomic E-state index is 13.0. The first-order valence-electron chi connectivity index (χ1n) is 9.46. The highest BCUT2D eigenvalue weighted by Gasteiger charge is 2.47. The average molecular weight is 387 g/mol. The summed E-state index contributed by atoms with van der Waals surface area (Å²) in [6.07, 6.45) is 6.67. The van der Waals surface area contributed by atoms with Crippen molar-refractivity contribution in [1.29, 1.82) is 0 Å². The Bertz CT molecular complexity index is 819. The molecule has 2 aromatic rings. The summed E-state index contributed by atoms with van der Waals surface area (Å²) < 4.78 is 0. The maximum absolute atomic E-state index is 13.0. The van der Waals surface area contributed by atoms with Gasteiger partial charge in [0.25, 0.3) is 11.8 Å². The summed E-state index contributed by atoms with van der Waals surface area (Å²) in [5.74, 6) is 0.628. The quantitative estimate of drug-likeness (QED) is 0.874. The number of carbonyl (C=O) groups excluding carboxylic acids is 2. The topological polar surface area (TPSA) is 49.4 Å². The Hall–Kier alpha value is -1.66. The van der Waals surface area contributed by atoms with Crippen LogP contribution in [0.3, 0.4) is 0 Å². The Morgan fingerprint density at radius 3 is 2.77 bits per heavy atom. The molecule has 3 unspecified atom stereocenters. The summed E-state index contributed by atoms with van der Waals surface area (Å²) >= 11 is 3.18. The molecule has 26 heavy (non-hydrogen) atoms. The lowest BCUT2D eigenvalue weighted by molar-refractivity contribution is 0.0684. The molecular weight excluding hydrogens is 364 g/mol. The Balaban J connectivity index is 1.25. The van der Waals surface area contributed by atoms with Crippen LogP contribution in [0.2, 0.25) is 0 Å². The van der Waals surface area contributed by atoms with Crippen molar-refractivity contribution in [2.24, 2.45) is 5.92 Å². The van der Waals surface area contributed by atoms with E-state index in [1.54, 1.807) is 11.3 Å². The molecule has 2 aromatic heterocycles. The van der Waals surface area contributed by atoms with E-state index in [1.807, 2.05) is 17.5 Å². The monoisotopic (exact) mass is 386 g/mol. The van der Waals surface area contributed by atoms with Gasteiger partial charge in [-0.25, -0.2) is 0 Å². The Morgan fingerprint density at radius 2 is 2.04 bits per heavy atom. The second-order valence-corrected chi connectivity index (χ2v) is 9.75. The fourth-order valence-electron chi connectivity index (χ4n) is 4.76. The van der Waals surface area contributed by atoms with Gasteiger partial charge in [0.15, 0.2) is 0 Å². The number of hydrogen-bond acceptors (Lipinski definition) is 4. The van der Waals surface area contributed by atoms with Gasteiger partial charge in [0.1, 0.15) is 0 Å². The zero-order valence-electron chi connectivity index (χ0n) is 14.6. The number of rotatable bonds is 3. The van der Waals surface area contributed by atoms with Crippen LogP contribution in [-0.4, -0.2) is 35.3 Å². The molecule has 2 aliphatic carbocycles. The van der Waals surface area contributed by atoms with Crippen LogP contribution in [0, 0.1) is 5.92 Å². The highest BCUT2D eigenvalue weighted by Crippen LogP contribution is 2.40. The maximum Gasteiger partial charge on any atom is 0.264 e. The molecule has 2 amide bonds. The molecule has 136 valence electrons. The molecule has 4 nitrogen and oxygen atoms in total. The second-order valence-electron chi connectivity index (χ2n) is 7.67. The molecule has 0 aromatic carbocycles. The Morgan fingerprint density at radius 1 is 1.15 bits per heavy atom. The Kier molecular flexibility index (Phi) is 4.13.